The van der Waals surface area contributed by atoms with E-state index < -0.39 is 0 Å². The maximum absolute atomic E-state index is 12.9. The van der Waals surface area contributed by atoms with Crippen LogP contribution in [0.1, 0.15) is 29.1 Å². The highest BCUT2D eigenvalue weighted by Gasteiger charge is 2.26. The average molecular weight is 420 g/mol. The Labute approximate surface area is 176 Å². The summed E-state index contributed by atoms with van der Waals surface area (Å²) in [5.41, 5.74) is 0.717. The number of carbonyl (C=O) groups is 1. The third-order valence-corrected chi connectivity index (χ3v) is 4.94. The van der Waals surface area contributed by atoms with Crippen LogP contribution in [-0.2, 0) is 0 Å². The molecule has 0 radical (unpaired) electrons. The zero-order valence-electron chi connectivity index (χ0n) is 16.9. The van der Waals surface area contributed by atoms with Crippen LogP contribution in [0.15, 0.2) is 46.0 Å². The zero-order chi connectivity index (χ0) is 21.5. The predicted octanol–water partition coefficient (Wildman–Crippen LogP) is 1.85. The van der Waals surface area contributed by atoms with E-state index in [9.17, 15) is 9.59 Å². The molecule has 1 aliphatic carbocycles. The Kier molecular flexibility index (Phi) is 4.42. The lowest BCUT2D eigenvalue weighted by Crippen LogP contribution is -2.25. The molecule has 5 rings (SSSR count). The molecule has 1 saturated carbocycles. The van der Waals surface area contributed by atoms with Crippen molar-refractivity contribution in [2.75, 3.05) is 17.7 Å². The van der Waals surface area contributed by atoms with Crippen LogP contribution in [0, 0.1) is 6.92 Å². The fourth-order valence-electron chi connectivity index (χ4n) is 3.22. The minimum atomic E-state index is -0.327. The van der Waals surface area contributed by atoms with Crippen molar-refractivity contribution < 1.29 is 9.21 Å². The Morgan fingerprint density at radius 1 is 1.29 bits per heavy atom. The molecule has 1 aliphatic rings. The van der Waals surface area contributed by atoms with Crippen molar-refractivity contribution in [3.8, 4) is 5.88 Å². The standard InChI is InChI=1S/C20H20N8O3/c1-11-22-10-17(31-11)27-7-3-4-14(20(27)30)25-15-8-16(21-2)28-18(26-15)13(9-23-28)19(29)24-12-5-6-12/h3-4,7-10,12,21H,5-6H2,1-2H3,(H,24,29)(H,25,26). The molecule has 158 valence electrons. The predicted molar refractivity (Wildman–Crippen MR) is 113 cm³/mol. The van der Waals surface area contributed by atoms with Crippen LogP contribution in [0.5, 0.6) is 0 Å². The van der Waals surface area contributed by atoms with Crippen molar-refractivity contribution in [3.05, 3.63) is 58.6 Å². The summed E-state index contributed by atoms with van der Waals surface area (Å²) in [4.78, 5) is 34.1. The molecule has 1 amide bonds. The minimum Gasteiger partial charge on any atom is -0.425 e. The van der Waals surface area contributed by atoms with Crippen LogP contribution in [0.2, 0.25) is 0 Å². The van der Waals surface area contributed by atoms with Crippen molar-refractivity contribution >= 4 is 28.9 Å². The van der Waals surface area contributed by atoms with E-state index in [0.29, 0.717) is 40.3 Å². The summed E-state index contributed by atoms with van der Waals surface area (Å²) < 4.78 is 8.36. The quantitative estimate of drug-likeness (QED) is 0.431. The van der Waals surface area contributed by atoms with Gasteiger partial charge in [-0.2, -0.15) is 9.61 Å². The molecule has 11 heteroatoms. The second-order valence-electron chi connectivity index (χ2n) is 7.26. The SMILES string of the molecule is CNc1cc(Nc2cccn(-c3cnc(C)o3)c2=O)nc2c(C(=O)NC3CC3)cnn12. The molecule has 31 heavy (non-hydrogen) atoms. The summed E-state index contributed by atoms with van der Waals surface area (Å²) in [5.74, 6) is 1.57. The van der Waals surface area contributed by atoms with Gasteiger partial charge in [-0.3, -0.25) is 14.2 Å². The van der Waals surface area contributed by atoms with Crippen LogP contribution in [-0.4, -0.2) is 43.1 Å². The highest BCUT2D eigenvalue weighted by Crippen LogP contribution is 2.23. The van der Waals surface area contributed by atoms with Crippen molar-refractivity contribution in [3.63, 3.8) is 0 Å². The molecule has 11 nitrogen and oxygen atoms in total. The summed E-state index contributed by atoms with van der Waals surface area (Å²) in [6.45, 7) is 1.71. The van der Waals surface area contributed by atoms with Gasteiger partial charge in [0.15, 0.2) is 11.5 Å². The summed E-state index contributed by atoms with van der Waals surface area (Å²) in [7, 11) is 1.74. The van der Waals surface area contributed by atoms with E-state index in [1.807, 2.05) is 0 Å². The molecule has 4 aromatic rings. The van der Waals surface area contributed by atoms with Gasteiger partial charge in [0.2, 0.25) is 5.88 Å². The van der Waals surface area contributed by atoms with Gasteiger partial charge in [-0.1, -0.05) is 0 Å². The van der Waals surface area contributed by atoms with Gasteiger partial charge in [-0.25, -0.2) is 9.97 Å². The van der Waals surface area contributed by atoms with Crippen LogP contribution >= 0.6 is 0 Å². The van der Waals surface area contributed by atoms with Crippen LogP contribution < -0.4 is 21.5 Å². The first-order chi connectivity index (χ1) is 15.0. The van der Waals surface area contributed by atoms with Crippen molar-refractivity contribution in [1.29, 1.82) is 0 Å². The first-order valence-corrected chi connectivity index (χ1v) is 9.82. The monoisotopic (exact) mass is 420 g/mol. The highest BCUT2D eigenvalue weighted by atomic mass is 16.4. The summed E-state index contributed by atoms with van der Waals surface area (Å²) >= 11 is 0. The fourth-order valence-corrected chi connectivity index (χ4v) is 3.22. The molecule has 0 bridgehead atoms. The largest absolute Gasteiger partial charge is 0.425 e. The molecule has 4 heterocycles. The first kappa shape index (κ1) is 18.9. The van der Waals surface area contributed by atoms with E-state index in [1.165, 1.54) is 17.0 Å². The van der Waals surface area contributed by atoms with Gasteiger partial charge in [0.05, 0.1) is 12.4 Å². The average Bonchev–Trinajstić information content (AvgIpc) is 3.29. The Balaban J connectivity index is 1.53. The molecular weight excluding hydrogens is 400 g/mol. The third-order valence-electron chi connectivity index (χ3n) is 4.94. The molecule has 0 aliphatic heterocycles. The minimum absolute atomic E-state index is 0.216. The van der Waals surface area contributed by atoms with E-state index in [4.69, 9.17) is 4.42 Å². The number of oxazole rings is 1. The van der Waals surface area contributed by atoms with E-state index in [1.54, 1.807) is 42.9 Å². The summed E-state index contributed by atoms with van der Waals surface area (Å²) in [6.07, 6.45) is 6.55. The first-order valence-electron chi connectivity index (χ1n) is 9.82. The summed E-state index contributed by atoms with van der Waals surface area (Å²) in [6, 6.07) is 5.28. The molecule has 0 unspecified atom stereocenters. The van der Waals surface area contributed by atoms with Crippen molar-refractivity contribution in [2.45, 2.75) is 25.8 Å². The highest BCUT2D eigenvalue weighted by molar-refractivity contribution is 6.00. The molecular formula is C20H20N8O3. The number of hydrogen-bond acceptors (Lipinski definition) is 8. The number of anilines is 3. The Morgan fingerprint density at radius 2 is 2.13 bits per heavy atom. The molecule has 0 spiro atoms. The lowest BCUT2D eigenvalue weighted by Gasteiger charge is -2.11. The Bertz CT molecular complexity index is 1350. The zero-order valence-corrected chi connectivity index (χ0v) is 16.9. The molecule has 4 aromatic heterocycles. The van der Waals surface area contributed by atoms with E-state index >= 15 is 0 Å². The third kappa shape index (κ3) is 3.50. The number of hydrogen-bond donors (Lipinski definition) is 3. The second kappa shape index (κ2) is 7.27. The number of nitrogens with one attached hydrogen (secondary N) is 3. The van der Waals surface area contributed by atoms with E-state index in [0.717, 1.165) is 12.8 Å². The van der Waals surface area contributed by atoms with Gasteiger partial charge in [-0.05, 0) is 25.0 Å². The number of carbonyl (C=O) groups excluding carboxylic acids is 1. The van der Waals surface area contributed by atoms with E-state index in [2.05, 4.69) is 31.0 Å². The Morgan fingerprint density at radius 3 is 2.84 bits per heavy atom. The number of nitrogens with zero attached hydrogens (tertiary/aromatic N) is 5. The maximum atomic E-state index is 12.9. The number of amides is 1. The van der Waals surface area contributed by atoms with Crippen LogP contribution in [0.25, 0.3) is 11.5 Å². The van der Waals surface area contributed by atoms with E-state index in [-0.39, 0.29) is 17.5 Å². The van der Waals surface area contributed by atoms with Gasteiger partial charge in [-0.15, -0.1) is 0 Å². The van der Waals surface area contributed by atoms with Gasteiger partial charge in [0.25, 0.3) is 11.5 Å². The fraction of sp³-hybridized carbons (Fsp3) is 0.250. The molecule has 1 fully saturated rings. The van der Waals surface area contributed by atoms with Crippen LogP contribution in [0.3, 0.4) is 0 Å². The maximum Gasteiger partial charge on any atom is 0.281 e. The molecule has 0 atom stereocenters. The van der Waals surface area contributed by atoms with Gasteiger partial charge < -0.3 is 20.4 Å². The van der Waals surface area contributed by atoms with Crippen molar-refractivity contribution in [2.24, 2.45) is 0 Å². The number of pyridine rings is 1. The number of aromatic nitrogens is 5. The lowest BCUT2D eigenvalue weighted by molar-refractivity contribution is 0.0952. The lowest BCUT2D eigenvalue weighted by atomic mass is 10.3. The second-order valence-corrected chi connectivity index (χ2v) is 7.26. The normalized spacial score (nSPS) is 13.4. The smallest absolute Gasteiger partial charge is 0.281 e. The van der Waals surface area contributed by atoms with Gasteiger partial charge in [0.1, 0.15) is 22.9 Å². The van der Waals surface area contributed by atoms with Gasteiger partial charge in [0, 0.05) is 32.3 Å². The molecule has 3 N–H and O–H groups in total. The van der Waals surface area contributed by atoms with Crippen molar-refractivity contribution in [1.82, 2.24) is 29.5 Å². The molecule has 0 saturated heterocycles. The van der Waals surface area contributed by atoms with Crippen LogP contribution in [0.4, 0.5) is 17.3 Å². The summed E-state index contributed by atoms with van der Waals surface area (Å²) in [5, 5.41) is 13.3. The number of rotatable bonds is 6. The molecule has 0 aromatic carbocycles. The number of fused-ring (bicyclic) bond motifs is 1. The Hall–Kier alpha value is -4.15. The topological polar surface area (TPSA) is 131 Å². The van der Waals surface area contributed by atoms with Gasteiger partial charge >= 0.3 is 0 Å². The number of aryl methyl sites for hydroxylation is 1.